The Morgan fingerprint density at radius 3 is 2.59 bits per heavy atom. The standard InChI is InChI=1S/C14H17N5O2S/c1-8-3-4-10(11-7-17-14(16)18-13(11)15)12-9(8)5-6-19(12)22(2,20)21/h3-4,7H,5-6H2,1-2H3,(H4,15,16,17,18). The van der Waals surface area contributed by atoms with Crippen LogP contribution in [0.15, 0.2) is 18.3 Å². The van der Waals surface area contributed by atoms with Gasteiger partial charge in [0.05, 0.1) is 11.9 Å². The molecular formula is C14H17N5O2S. The molecule has 0 fully saturated rings. The zero-order chi connectivity index (χ0) is 16.1. The molecule has 0 spiro atoms. The van der Waals surface area contributed by atoms with Gasteiger partial charge in [-0.2, -0.15) is 4.98 Å². The highest BCUT2D eigenvalue weighted by Crippen LogP contribution is 2.42. The van der Waals surface area contributed by atoms with E-state index in [0.717, 1.165) is 11.1 Å². The highest BCUT2D eigenvalue weighted by Gasteiger charge is 2.30. The van der Waals surface area contributed by atoms with Gasteiger partial charge in [-0.15, -0.1) is 0 Å². The first-order valence-electron chi connectivity index (χ1n) is 6.77. The number of benzene rings is 1. The Bertz CT molecular complexity index is 864. The van der Waals surface area contributed by atoms with Crippen LogP contribution >= 0.6 is 0 Å². The molecule has 1 aromatic heterocycles. The number of fused-ring (bicyclic) bond motifs is 1. The van der Waals surface area contributed by atoms with Crippen molar-refractivity contribution in [1.82, 2.24) is 9.97 Å². The van der Waals surface area contributed by atoms with Crippen molar-refractivity contribution in [2.24, 2.45) is 0 Å². The van der Waals surface area contributed by atoms with Gasteiger partial charge in [-0.05, 0) is 24.5 Å². The van der Waals surface area contributed by atoms with Gasteiger partial charge in [0.25, 0.3) is 0 Å². The number of rotatable bonds is 2. The van der Waals surface area contributed by atoms with E-state index in [1.165, 1.54) is 16.8 Å². The lowest BCUT2D eigenvalue weighted by Gasteiger charge is -2.21. The molecule has 3 rings (SSSR count). The lowest BCUT2D eigenvalue weighted by Crippen LogP contribution is -2.28. The summed E-state index contributed by atoms with van der Waals surface area (Å²) in [6.07, 6.45) is 3.41. The Kier molecular flexibility index (Phi) is 3.21. The molecule has 116 valence electrons. The maximum Gasteiger partial charge on any atom is 0.232 e. The molecule has 22 heavy (non-hydrogen) atoms. The third-order valence-electron chi connectivity index (χ3n) is 3.86. The molecule has 0 bridgehead atoms. The third kappa shape index (κ3) is 2.25. The summed E-state index contributed by atoms with van der Waals surface area (Å²) in [5, 5.41) is 0. The maximum absolute atomic E-state index is 12.1. The van der Waals surface area contributed by atoms with Gasteiger partial charge in [-0.1, -0.05) is 12.1 Å². The van der Waals surface area contributed by atoms with Crippen LogP contribution < -0.4 is 15.8 Å². The normalized spacial score (nSPS) is 14.2. The fourth-order valence-corrected chi connectivity index (χ4v) is 3.79. The number of hydrogen-bond donors (Lipinski definition) is 2. The summed E-state index contributed by atoms with van der Waals surface area (Å²) in [6, 6.07) is 3.80. The number of nitrogens with two attached hydrogens (primary N) is 2. The molecule has 4 N–H and O–H groups in total. The summed E-state index contributed by atoms with van der Waals surface area (Å²) in [4.78, 5) is 7.93. The molecule has 0 saturated carbocycles. The second kappa shape index (κ2) is 4.84. The smallest absolute Gasteiger partial charge is 0.232 e. The van der Waals surface area contributed by atoms with Crippen molar-refractivity contribution in [3.8, 4) is 11.1 Å². The Morgan fingerprint density at radius 1 is 1.23 bits per heavy atom. The van der Waals surface area contributed by atoms with Gasteiger partial charge in [0.1, 0.15) is 5.82 Å². The molecule has 2 aromatic rings. The summed E-state index contributed by atoms with van der Waals surface area (Å²) >= 11 is 0. The van der Waals surface area contributed by atoms with Crippen molar-refractivity contribution in [2.75, 3.05) is 28.6 Å². The lowest BCUT2D eigenvalue weighted by molar-refractivity contribution is 0.598. The minimum atomic E-state index is -3.36. The summed E-state index contributed by atoms with van der Waals surface area (Å²) in [5.74, 6) is 0.323. The van der Waals surface area contributed by atoms with Crippen LogP contribution in [0.25, 0.3) is 11.1 Å². The van der Waals surface area contributed by atoms with Crippen LogP contribution in [0.3, 0.4) is 0 Å². The average molecular weight is 319 g/mol. The second-order valence-corrected chi connectivity index (χ2v) is 7.28. The highest BCUT2D eigenvalue weighted by molar-refractivity contribution is 7.92. The van der Waals surface area contributed by atoms with Crippen molar-refractivity contribution >= 4 is 27.5 Å². The van der Waals surface area contributed by atoms with Crippen LogP contribution in [0.5, 0.6) is 0 Å². The first-order chi connectivity index (χ1) is 10.3. The number of sulfonamides is 1. The van der Waals surface area contributed by atoms with Crippen LogP contribution in [0.4, 0.5) is 17.5 Å². The third-order valence-corrected chi connectivity index (χ3v) is 5.02. The van der Waals surface area contributed by atoms with Gasteiger partial charge >= 0.3 is 0 Å². The van der Waals surface area contributed by atoms with Crippen LogP contribution in [0.2, 0.25) is 0 Å². The van der Waals surface area contributed by atoms with E-state index in [-0.39, 0.29) is 11.8 Å². The van der Waals surface area contributed by atoms with Crippen LogP contribution in [-0.2, 0) is 16.4 Å². The fraction of sp³-hybridized carbons (Fsp3) is 0.286. The van der Waals surface area contributed by atoms with E-state index in [0.29, 0.717) is 29.8 Å². The van der Waals surface area contributed by atoms with Gasteiger partial charge in [-0.3, -0.25) is 4.31 Å². The summed E-state index contributed by atoms with van der Waals surface area (Å²) < 4.78 is 25.6. The zero-order valence-corrected chi connectivity index (χ0v) is 13.2. The second-order valence-electron chi connectivity index (χ2n) is 5.37. The van der Waals surface area contributed by atoms with Crippen molar-refractivity contribution in [3.05, 3.63) is 29.5 Å². The molecule has 0 atom stereocenters. The molecule has 2 heterocycles. The van der Waals surface area contributed by atoms with E-state index in [1.54, 1.807) is 0 Å². The Balaban J connectivity index is 2.29. The van der Waals surface area contributed by atoms with Crippen molar-refractivity contribution in [1.29, 1.82) is 0 Å². The van der Waals surface area contributed by atoms with E-state index in [1.807, 2.05) is 19.1 Å². The molecule has 1 aliphatic heterocycles. The molecular weight excluding hydrogens is 302 g/mol. The van der Waals surface area contributed by atoms with E-state index < -0.39 is 10.0 Å². The number of hydrogen-bond acceptors (Lipinski definition) is 6. The zero-order valence-electron chi connectivity index (χ0n) is 12.4. The van der Waals surface area contributed by atoms with Crippen molar-refractivity contribution < 1.29 is 8.42 Å². The molecule has 0 saturated heterocycles. The number of nitrogen functional groups attached to an aromatic ring is 2. The molecule has 0 amide bonds. The Hall–Kier alpha value is -2.35. The number of aromatic nitrogens is 2. The van der Waals surface area contributed by atoms with E-state index in [4.69, 9.17) is 11.5 Å². The summed E-state index contributed by atoms with van der Waals surface area (Å²) in [6.45, 7) is 2.40. The van der Waals surface area contributed by atoms with Gasteiger partial charge in [0.15, 0.2) is 0 Å². The van der Waals surface area contributed by atoms with Gasteiger partial charge in [-0.25, -0.2) is 13.4 Å². The molecule has 0 radical (unpaired) electrons. The number of nitrogens with zero attached hydrogens (tertiary/aromatic N) is 3. The predicted octanol–water partition coefficient (Wildman–Crippen LogP) is 0.939. The van der Waals surface area contributed by atoms with Crippen molar-refractivity contribution in [3.63, 3.8) is 0 Å². The molecule has 7 nitrogen and oxygen atoms in total. The van der Waals surface area contributed by atoms with E-state index >= 15 is 0 Å². The average Bonchev–Trinajstić information content (AvgIpc) is 2.86. The Labute approximate surface area is 129 Å². The SMILES string of the molecule is Cc1ccc(-c2cnc(N)nc2N)c2c1CCN2S(C)(=O)=O. The molecule has 1 aliphatic rings. The van der Waals surface area contributed by atoms with Crippen LogP contribution in [-0.4, -0.2) is 31.2 Å². The quantitative estimate of drug-likeness (QED) is 0.851. The lowest BCUT2D eigenvalue weighted by atomic mass is 9.98. The van der Waals surface area contributed by atoms with Gasteiger partial charge in [0.2, 0.25) is 16.0 Å². The highest BCUT2D eigenvalue weighted by atomic mass is 32.2. The van der Waals surface area contributed by atoms with Crippen molar-refractivity contribution in [2.45, 2.75) is 13.3 Å². The van der Waals surface area contributed by atoms with E-state index in [2.05, 4.69) is 9.97 Å². The van der Waals surface area contributed by atoms with Crippen LogP contribution in [0, 0.1) is 6.92 Å². The van der Waals surface area contributed by atoms with E-state index in [9.17, 15) is 8.42 Å². The molecule has 0 aliphatic carbocycles. The molecule has 0 unspecified atom stereocenters. The summed E-state index contributed by atoms with van der Waals surface area (Å²) in [5.41, 5.74) is 15.5. The minimum Gasteiger partial charge on any atom is -0.383 e. The van der Waals surface area contributed by atoms with Gasteiger partial charge in [0, 0.05) is 23.9 Å². The minimum absolute atomic E-state index is 0.0879. The monoisotopic (exact) mass is 319 g/mol. The fourth-order valence-electron chi connectivity index (χ4n) is 2.83. The van der Waals surface area contributed by atoms with Gasteiger partial charge < -0.3 is 11.5 Å². The topological polar surface area (TPSA) is 115 Å². The molecule has 1 aromatic carbocycles. The molecule has 8 heteroatoms. The maximum atomic E-state index is 12.1. The first-order valence-corrected chi connectivity index (χ1v) is 8.62. The summed E-state index contributed by atoms with van der Waals surface area (Å²) in [7, 11) is -3.36. The largest absolute Gasteiger partial charge is 0.383 e. The Morgan fingerprint density at radius 2 is 1.95 bits per heavy atom. The van der Waals surface area contributed by atoms with Crippen LogP contribution in [0.1, 0.15) is 11.1 Å². The number of aryl methyl sites for hydroxylation is 1. The first kappa shape index (κ1) is 14.6. The number of anilines is 3. The predicted molar refractivity (Wildman–Crippen MR) is 86.9 cm³/mol.